The van der Waals surface area contributed by atoms with E-state index in [1.54, 1.807) is 36.4 Å². The fourth-order valence-electron chi connectivity index (χ4n) is 3.90. The average Bonchev–Trinajstić information content (AvgIpc) is 2.77. The zero-order valence-electron chi connectivity index (χ0n) is 22.1. The van der Waals surface area contributed by atoms with Crippen molar-refractivity contribution < 1.29 is 12.8 Å². The summed E-state index contributed by atoms with van der Waals surface area (Å²) in [6.45, 7) is 2.00. The summed E-state index contributed by atoms with van der Waals surface area (Å²) in [5.74, 6) is 0. The number of hydrogen-bond acceptors (Lipinski definition) is 0. The van der Waals surface area contributed by atoms with Gasteiger partial charge in [0.1, 0.15) is 7.05 Å². The van der Waals surface area contributed by atoms with Crippen LogP contribution >= 0.6 is 0 Å². The van der Waals surface area contributed by atoms with Gasteiger partial charge < -0.3 is 0 Å². The number of aryl methyl sites for hydroxylation is 4. The van der Waals surface area contributed by atoms with Gasteiger partial charge in [0.25, 0.3) is 0 Å². The minimum Gasteiger partial charge on any atom is -0.201 e. The van der Waals surface area contributed by atoms with Gasteiger partial charge in [-0.05, 0) is 77.1 Å². The lowest BCUT2D eigenvalue weighted by molar-refractivity contribution is -0.660. The van der Waals surface area contributed by atoms with Crippen LogP contribution in [-0.2, 0) is 26.2 Å². The van der Waals surface area contributed by atoms with Crippen LogP contribution in [0, 0.1) is 6.92 Å². The Morgan fingerprint density at radius 3 is 2.61 bits per heavy atom. The normalized spacial score (nSPS) is 22.1. The van der Waals surface area contributed by atoms with Gasteiger partial charge in [-0.1, -0.05) is 48.5 Å². The number of fused-ring (bicyclic) bond motifs is 6. The monoisotopic (exact) mass is 370 g/mol. The van der Waals surface area contributed by atoms with Crippen molar-refractivity contribution in [2.75, 3.05) is 0 Å². The van der Waals surface area contributed by atoms with E-state index in [9.17, 15) is 0 Å². The second-order valence-corrected chi connectivity index (χ2v) is 7.34. The summed E-state index contributed by atoms with van der Waals surface area (Å²) in [6, 6.07) is 19.6. The van der Waals surface area contributed by atoms with E-state index in [-0.39, 0.29) is 12.0 Å². The molecule has 0 saturated carbocycles. The molecule has 0 atom stereocenters. The van der Waals surface area contributed by atoms with E-state index in [4.69, 9.17) is 8.22 Å². The van der Waals surface area contributed by atoms with E-state index in [0.717, 1.165) is 27.6 Å². The molecule has 4 aromatic rings. The quantitative estimate of drug-likeness (QED) is 0.349. The van der Waals surface area contributed by atoms with Crippen LogP contribution in [0.4, 0.5) is 0 Å². The van der Waals surface area contributed by atoms with E-state index < -0.39 is 19.1 Å². The summed E-state index contributed by atoms with van der Waals surface area (Å²) in [4.78, 5) is 0. The second-order valence-electron chi connectivity index (χ2n) is 7.34. The highest BCUT2D eigenvalue weighted by Gasteiger charge is 2.16. The molecule has 1 aliphatic carbocycles. The van der Waals surface area contributed by atoms with Crippen LogP contribution in [0.1, 0.15) is 42.5 Å². The Balaban J connectivity index is 1.91. The Morgan fingerprint density at radius 2 is 1.68 bits per heavy atom. The average molecular weight is 371 g/mol. The maximum absolute atomic E-state index is 8.93. The summed E-state index contributed by atoms with van der Waals surface area (Å²) < 4.78 is 55.2. The summed E-state index contributed by atoms with van der Waals surface area (Å²) >= 11 is 0. The molecule has 1 aliphatic rings. The maximum atomic E-state index is 8.93. The first-order valence-electron chi connectivity index (χ1n) is 12.6. The van der Waals surface area contributed by atoms with Crippen molar-refractivity contribution in [2.45, 2.75) is 32.5 Å². The van der Waals surface area contributed by atoms with Crippen molar-refractivity contribution in [1.29, 1.82) is 0 Å². The van der Waals surface area contributed by atoms with Crippen LogP contribution in [0.3, 0.4) is 0 Å². The van der Waals surface area contributed by atoms with Crippen molar-refractivity contribution >= 4 is 10.8 Å². The summed E-state index contributed by atoms with van der Waals surface area (Å²) in [6.07, 6.45) is -4.34. The Bertz CT molecular complexity index is 1440. The molecule has 0 amide bonds. The lowest BCUT2D eigenvalue weighted by atomic mass is 9.92. The van der Waals surface area contributed by atoms with Gasteiger partial charge in [-0.3, -0.25) is 0 Å². The smallest absolute Gasteiger partial charge is 0.201 e. The number of aromatic nitrogens is 1. The third-order valence-corrected chi connectivity index (χ3v) is 5.37. The minimum atomic E-state index is -2.00. The van der Waals surface area contributed by atoms with E-state index in [0.29, 0.717) is 16.7 Å². The third kappa shape index (κ3) is 3.11. The summed E-state index contributed by atoms with van der Waals surface area (Å²) in [5, 5.41) is 1.63. The van der Waals surface area contributed by atoms with E-state index in [2.05, 4.69) is 0 Å². The maximum Gasteiger partial charge on any atom is 0.212 e. The van der Waals surface area contributed by atoms with Gasteiger partial charge in [-0.2, -0.15) is 0 Å². The first-order chi connectivity index (χ1) is 15.9. The molecule has 6 bridgehead atoms. The highest BCUT2D eigenvalue weighted by molar-refractivity contribution is 5.90. The molecule has 0 radical (unpaired) electrons. The largest absolute Gasteiger partial charge is 0.212 e. The highest BCUT2D eigenvalue weighted by Crippen LogP contribution is 2.30. The van der Waals surface area contributed by atoms with Crippen molar-refractivity contribution in [3.63, 3.8) is 0 Å². The van der Waals surface area contributed by atoms with Crippen LogP contribution in [0.2, 0.25) is 0 Å². The first-order valence-corrected chi connectivity index (χ1v) is 9.56. The molecule has 1 heteroatoms. The molecule has 0 fully saturated rings. The molecular weight excluding hydrogens is 338 g/mol. The van der Waals surface area contributed by atoms with Crippen LogP contribution in [0.25, 0.3) is 22.0 Å². The number of rotatable bonds is 0. The summed E-state index contributed by atoms with van der Waals surface area (Å²) in [5.41, 5.74) is 4.29. The van der Waals surface area contributed by atoms with Gasteiger partial charge in [-0.15, -0.1) is 0 Å². The molecule has 0 aliphatic heterocycles. The molecule has 0 spiro atoms. The minimum absolute atomic E-state index is 0.272. The summed E-state index contributed by atoms with van der Waals surface area (Å²) in [7, 11) is 1.92. The molecule has 28 heavy (non-hydrogen) atoms. The standard InChI is InChI=1S/C27H26N/c1-19-14-24-11-5-10-23-9-4-7-20-6-3-8-21(15-20)16-22-12-13-28(2)27(17-22)25(19)18-26(23)24/h3,5-6,8,10-15,17-18H,4,7,9,16H2,1-2H3/q+1/i7D2,9D2,16D2. The Morgan fingerprint density at radius 1 is 0.857 bits per heavy atom. The number of pyridine rings is 1. The van der Waals surface area contributed by atoms with Gasteiger partial charge in [0.15, 0.2) is 6.20 Å². The van der Waals surface area contributed by atoms with Crippen molar-refractivity contribution in [3.8, 4) is 11.3 Å². The number of benzene rings is 3. The molecular formula is C27H26N+. The molecule has 3 aromatic carbocycles. The molecule has 5 rings (SSSR count). The highest BCUT2D eigenvalue weighted by atomic mass is 14.9. The van der Waals surface area contributed by atoms with Gasteiger partial charge >= 0.3 is 0 Å². The molecule has 0 saturated heterocycles. The van der Waals surface area contributed by atoms with Crippen LogP contribution in [0.5, 0.6) is 0 Å². The lowest BCUT2D eigenvalue weighted by Gasteiger charge is -2.13. The van der Waals surface area contributed by atoms with Crippen LogP contribution in [-0.4, -0.2) is 0 Å². The van der Waals surface area contributed by atoms with Gasteiger partial charge in [-0.25, -0.2) is 4.57 Å². The fraction of sp³-hybridized carbons (Fsp3) is 0.222. The van der Waals surface area contributed by atoms with Crippen molar-refractivity contribution in [3.05, 3.63) is 101 Å². The molecule has 0 N–H and O–H groups in total. The Hall–Kier alpha value is -2.93. The molecule has 0 unspecified atom stereocenters. The lowest BCUT2D eigenvalue weighted by Crippen LogP contribution is -2.30. The van der Waals surface area contributed by atoms with Crippen molar-refractivity contribution in [2.24, 2.45) is 7.05 Å². The molecule has 1 aromatic heterocycles. The van der Waals surface area contributed by atoms with E-state index in [1.165, 1.54) is 0 Å². The third-order valence-electron chi connectivity index (χ3n) is 5.37. The topological polar surface area (TPSA) is 3.88 Å². The second kappa shape index (κ2) is 6.91. The van der Waals surface area contributed by atoms with Crippen LogP contribution in [0.15, 0.2) is 72.9 Å². The van der Waals surface area contributed by atoms with Gasteiger partial charge in [0, 0.05) is 25.9 Å². The Kier molecular flexibility index (Phi) is 2.91. The van der Waals surface area contributed by atoms with E-state index in [1.807, 2.05) is 55.1 Å². The van der Waals surface area contributed by atoms with Gasteiger partial charge in [0.2, 0.25) is 5.69 Å². The fourth-order valence-corrected chi connectivity index (χ4v) is 3.90. The predicted molar refractivity (Wildman–Crippen MR) is 117 cm³/mol. The first kappa shape index (κ1) is 11.8. The van der Waals surface area contributed by atoms with Crippen molar-refractivity contribution in [1.82, 2.24) is 0 Å². The molecule has 1 heterocycles. The molecule has 1 nitrogen and oxygen atoms in total. The zero-order valence-corrected chi connectivity index (χ0v) is 16.1. The zero-order chi connectivity index (χ0) is 24.5. The molecule has 138 valence electrons. The number of hydrogen-bond donors (Lipinski definition) is 0. The predicted octanol–water partition coefficient (Wildman–Crippen LogP) is 5.72. The van der Waals surface area contributed by atoms with Gasteiger partial charge in [0.05, 0.1) is 0 Å². The van der Waals surface area contributed by atoms with E-state index >= 15 is 0 Å². The number of nitrogens with zero attached hydrogens (tertiary/aromatic N) is 1. The Labute approximate surface area is 175 Å². The van der Waals surface area contributed by atoms with Crippen LogP contribution < -0.4 is 4.57 Å². The SMILES string of the molecule is [2H]C1([2H])CC([2H])([2H])c2cccc3cc(C)c(cc23)-c2cc(cc[n+]2C)C([2H])([2H])c2cccc1c2.